The molecule has 0 N–H and O–H groups in total. The first-order valence-electron chi connectivity index (χ1n) is 14.9. The van der Waals surface area contributed by atoms with Crippen LogP contribution in [-0.4, -0.2) is 19.1 Å². The number of fused-ring (bicyclic) bond motifs is 3. The van der Waals surface area contributed by atoms with Gasteiger partial charge in [0.15, 0.2) is 0 Å². The van der Waals surface area contributed by atoms with Gasteiger partial charge in [0.1, 0.15) is 11.5 Å². The van der Waals surface area contributed by atoms with E-state index in [9.17, 15) is 0 Å². The number of hydrogen-bond acceptors (Lipinski definition) is 3. The van der Waals surface area contributed by atoms with Gasteiger partial charge in [0.25, 0.3) is 0 Å². The third-order valence-electron chi connectivity index (χ3n) is 8.13. The van der Waals surface area contributed by atoms with E-state index in [1.165, 1.54) is 5.56 Å². The Hall–Kier alpha value is -4.98. The smallest absolute Gasteiger partial charge is 0.504 e. The van der Waals surface area contributed by atoms with E-state index in [2.05, 4.69) is 109 Å². The zero-order valence-electron chi connectivity index (χ0n) is 26.2. The normalized spacial score (nSPS) is 11.4. The van der Waals surface area contributed by atoms with Crippen molar-refractivity contribution < 1.29 is 25.8 Å². The quantitative estimate of drug-likeness (QED) is 0.164. The summed E-state index contributed by atoms with van der Waals surface area (Å²) in [6.07, 6.45) is 5.56. The molecule has 6 nitrogen and oxygen atoms in total. The number of ether oxygens (including phenoxy) is 1. The van der Waals surface area contributed by atoms with Crippen molar-refractivity contribution in [1.29, 1.82) is 0 Å². The first-order valence-corrected chi connectivity index (χ1v) is 14.9. The van der Waals surface area contributed by atoms with Gasteiger partial charge in [-0.25, -0.2) is 4.98 Å². The average molecular weight is 781 g/mol. The van der Waals surface area contributed by atoms with Crippen molar-refractivity contribution in [2.75, 3.05) is 0 Å². The molecule has 0 aliphatic rings. The van der Waals surface area contributed by atoms with E-state index >= 15 is 0 Å². The van der Waals surface area contributed by atoms with E-state index in [0.29, 0.717) is 28.4 Å². The van der Waals surface area contributed by atoms with Crippen LogP contribution >= 0.6 is 0 Å². The number of nitrogens with zero attached hydrogens (tertiary/aromatic N) is 5. The van der Waals surface area contributed by atoms with Crippen LogP contribution in [0.15, 0.2) is 97.6 Å². The Morgan fingerprint density at radius 2 is 1.63 bits per heavy atom. The van der Waals surface area contributed by atoms with Gasteiger partial charge in [-0.1, -0.05) is 74.8 Å². The first kappa shape index (κ1) is 31.0. The van der Waals surface area contributed by atoms with Crippen LogP contribution in [0.5, 0.6) is 11.5 Å². The van der Waals surface area contributed by atoms with Gasteiger partial charge in [-0.2, -0.15) is 6.07 Å². The molecule has 0 unspecified atom stereocenters. The van der Waals surface area contributed by atoms with Crippen LogP contribution in [0.2, 0.25) is 0 Å². The van der Waals surface area contributed by atoms with Crippen LogP contribution in [-0.2, 0) is 26.5 Å². The van der Waals surface area contributed by atoms with Crippen molar-refractivity contribution in [3.63, 3.8) is 0 Å². The Bertz CT molecular complexity index is 2250. The van der Waals surface area contributed by atoms with Crippen LogP contribution in [0, 0.1) is 32.6 Å². The van der Waals surface area contributed by atoms with Crippen molar-refractivity contribution in [3.8, 4) is 34.3 Å². The molecule has 0 saturated heterocycles. The summed E-state index contributed by atoms with van der Waals surface area (Å²) < 4.78 is 10.5. The molecule has 4 aromatic carbocycles. The number of benzene rings is 4. The molecule has 7 heteroatoms. The van der Waals surface area contributed by atoms with E-state index in [1.54, 1.807) is 24.7 Å². The molecule has 0 bridgehead atoms. The Balaban J connectivity index is 0.00000372. The maximum Gasteiger partial charge on any atom is 2.00 e. The summed E-state index contributed by atoms with van der Waals surface area (Å²) in [4.78, 5) is 13.0. The SMILES string of the molecule is [C-]#[N+]c1cc(Oc2[c-]c3c(cc2)c2cc(C(C)(C)C)ccc2n3-c2ccccn2)[c-]c(-c2cn(-c3c(C)cccc3C)cn2)c1.[Pt+2]. The van der Waals surface area contributed by atoms with E-state index in [-0.39, 0.29) is 26.5 Å². The summed E-state index contributed by atoms with van der Waals surface area (Å²) in [5.41, 5.74) is 8.42. The number of aromatic nitrogens is 4. The largest absolute Gasteiger partial charge is 2.00 e. The van der Waals surface area contributed by atoms with Crippen molar-refractivity contribution in [2.45, 2.75) is 40.0 Å². The fourth-order valence-corrected chi connectivity index (χ4v) is 5.88. The zero-order chi connectivity index (χ0) is 31.3. The van der Waals surface area contributed by atoms with Crippen molar-refractivity contribution >= 4 is 27.5 Å². The second-order valence-corrected chi connectivity index (χ2v) is 12.3. The molecule has 0 radical (unpaired) electrons. The third kappa shape index (κ3) is 5.64. The number of aryl methyl sites for hydroxylation is 2. The predicted octanol–water partition coefficient (Wildman–Crippen LogP) is 9.89. The molecule has 0 fully saturated rings. The Labute approximate surface area is 283 Å². The first-order chi connectivity index (χ1) is 21.7. The maximum atomic E-state index is 7.74. The molecule has 0 atom stereocenters. The van der Waals surface area contributed by atoms with Gasteiger partial charge in [-0.3, -0.25) is 9.83 Å². The Morgan fingerprint density at radius 1 is 0.826 bits per heavy atom. The van der Waals surface area contributed by atoms with Gasteiger partial charge in [-0.15, -0.1) is 29.1 Å². The summed E-state index contributed by atoms with van der Waals surface area (Å²) in [5.74, 6) is 1.74. The molecule has 0 saturated carbocycles. The van der Waals surface area contributed by atoms with Crippen LogP contribution in [0.1, 0.15) is 37.5 Å². The average Bonchev–Trinajstić information content (AvgIpc) is 3.63. The molecule has 228 valence electrons. The van der Waals surface area contributed by atoms with Crippen LogP contribution in [0.4, 0.5) is 5.69 Å². The Morgan fingerprint density at radius 3 is 2.35 bits per heavy atom. The number of para-hydroxylation sites is 1. The summed E-state index contributed by atoms with van der Waals surface area (Å²) in [6, 6.07) is 33.1. The Kier molecular flexibility index (Phi) is 8.15. The minimum absolute atomic E-state index is 0. The minimum atomic E-state index is 0. The molecular formula is C39H31N5OPt. The molecular weight excluding hydrogens is 750 g/mol. The second kappa shape index (κ2) is 12.1. The summed E-state index contributed by atoms with van der Waals surface area (Å²) in [5, 5.41) is 2.19. The molecule has 3 heterocycles. The molecule has 7 rings (SSSR count). The van der Waals surface area contributed by atoms with E-state index < -0.39 is 0 Å². The van der Waals surface area contributed by atoms with Crippen molar-refractivity contribution in [1.82, 2.24) is 19.1 Å². The van der Waals surface area contributed by atoms with Crippen LogP contribution in [0.25, 0.3) is 49.4 Å². The molecule has 0 aliphatic heterocycles. The van der Waals surface area contributed by atoms with Crippen molar-refractivity contribution in [3.05, 3.63) is 138 Å². The zero-order valence-corrected chi connectivity index (χ0v) is 28.5. The van der Waals surface area contributed by atoms with Gasteiger partial charge in [-0.05, 0) is 65.7 Å². The molecule has 3 aromatic heterocycles. The minimum Gasteiger partial charge on any atom is -0.504 e. The monoisotopic (exact) mass is 780 g/mol. The third-order valence-corrected chi connectivity index (χ3v) is 8.13. The number of pyridine rings is 1. The molecule has 7 aromatic rings. The standard InChI is InChI=1S/C39H31N5O.Pt/c1-25-10-9-11-26(2)38(25)43-23-34(42-24-43)27-18-29(40-6)21-31(19-27)45-30-14-15-32-33-20-28(39(3,4)5)13-16-35(33)44(36(32)22-30)37-12-7-8-17-41-37;/h7-18,20-21,23-24H,1-5H3;/q-2;+2. The number of imidazole rings is 1. The molecule has 46 heavy (non-hydrogen) atoms. The summed E-state index contributed by atoms with van der Waals surface area (Å²) in [7, 11) is 0. The molecule has 0 amide bonds. The van der Waals surface area contributed by atoms with E-state index in [4.69, 9.17) is 11.3 Å². The number of hydrogen-bond donors (Lipinski definition) is 0. The van der Waals surface area contributed by atoms with Gasteiger partial charge < -0.3 is 13.9 Å². The summed E-state index contributed by atoms with van der Waals surface area (Å²) in [6.45, 7) is 18.6. The van der Waals surface area contributed by atoms with Gasteiger partial charge in [0.2, 0.25) is 0 Å². The number of rotatable bonds is 5. The fraction of sp³-hybridized carbons (Fsp3) is 0.154. The van der Waals surface area contributed by atoms with E-state index in [1.807, 2.05) is 35.0 Å². The molecule has 0 spiro atoms. The van der Waals surface area contributed by atoms with Gasteiger partial charge in [0.05, 0.1) is 18.6 Å². The van der Waals surface area contributed by atoms with Gasteiger partial charge in [0, 0.05) is 28.9 Å². The predicted molar refractivity (Wildman–Crippen MR) is 180 cm³/mol. The topological polar surface area (TPSA) is 49.2 Å². The van der Waals surface area contributed by atoms with E-state index in [0.717, 1.165) is 44.4 Å². The van der Waals surface area contributed by atoms with Gasteiger partial charge >= 0.3 is 21.1 Å². The second-order valence-electron chi connectivity index (χ2n) is 12.3. The maximum absolute atomic E-state index is 7.74. The molecule has 0 aliphatic carbocycles. The summed E-state index contributed by atoms with van der Waals surface area (Å²) >= 11 is 0. The van der Waals surface area contributed by atoms with Crippen LogP contribution in [0.3, 0.4) is 0 Å². The van der Waals surface area contributed by atoms with Crippen LogP contribution < -0.4 is 4.74 Å². The van der Waals surface area contributed by atoms with Crippen molar-refractivity contribution in [2.24, 2.45) is 0 Å². The fourth-order valence-electron chi connectivity index (χ4n) is 5.88.